The largest absolute Gasteiger partial charge is 0.326 e. The molecule has 0 saturated carbocycles. The molecule has 2 N–H and O–H groups in total. The molecule has 0 spiro atoms. The maximum Gasteiger partial charge on any atom is 0.266 e. The van der Waals surface area contributed by atoms with E-state index in [1.165, 1.54) is 0 Å². The number of nitrogens with zero attached hydrogens (tertiary/aromatic N) is 1. The van der Waals surface area contributed by atoms with E-state index in [4.69, 9.17) is 5.73 Å². The van der Waals surface area contributed by atoms with Crippen LogP contribution in [0.2, 0.25) is 0 Å². The minimum atomic E-state index is -2.87. The van der Waals surface area contributed by atoms with Gasteiger partial charge in [0.25, 0.3) is 6.43 Å². The summed E-state index contributed by atoms with van der Waals surface area (Å²) in [7, 11) is 0. The van der Waals surface area contributed by atoms with E-state index in [9.17, 15) is 18.0 Å². The van der Waals surface area contributed by atoms with Crippen LogP contribution in [0, 0.1) is 5.95 Å². The fourth-order valence-corrected chi connectivity index (χ4v) is 0.976. The summed E-state index contributed by atoms with van der Waals surface area (Å²) in [5.41, 5.74) is 3.78. The minimum Gasteiger partial charge on any atom is -0.326 e. The fourth-order valence-electron chi connectivity index (χ4n) is 0.976. The number of aldehydes is 1. The van der Waals surface area contributed by atoms with Gasteiger partial charge in [0, 0.05) is 17.7 Å². The van der Waals surface area contributed by atoms with E-state index in [1.807, 2.05) is 0 Å². The van der Waals surface area contributed by atoms with Crippen LogP contribution in [0.3, 0.4) is 0 Å². The van der Waals surface area contributed by atoms with Crippen molar-refractivity contribution in [3.63, 3.8) is 0 Å². The molecular formula is C8H7F3N2O. The molecule has 0 fully saturated rings. The number of nitrogens with two attached hydrogens (primary N) is 1. The van der Waals surface area contributed by atoms with Gasteiger partial charge in [-0.25, -0.2) is 13.8 Å². The first-order valence-corrected chi connectivity index (χ1v) is 3.72. The van der Waals surface area contributed by atoms with Crippen molar-refractivity contribution in [3.8, 4) is 0 Å². The Balaban J connectivity index is 3.32. The zero-order chi connectivity index (χ0) is 10.7. The van der Waals surface area contributed by atoms with Crippen molar-refractivity contribution in [2.24, 2.45) is 5.73 Å². The van der Waals surface area contributed by atoms with Crippen molar-refractivity contribution < 1.29 is 18.0 Å². The summed E-state index contributed by atoms with van der Waals surface area (Å²) < 4.78 is 37.5. The monoisotopic (exact) mass is 204 g/mol. The molecule has 0 bridgehead atoms. The van der Waals surface area contributed by atoms with Crippen molar-refractivity contribution in [1.29, 1.82) is 0 Å². The average Bonchev–Trinajstić information content (AvgIpc) is 2.16. The van der Waals surface area contributed by atoms with Crippen LogP contribution < -0.4 is 5.73 Å². The van der Waals surface area contributed by atoms with Crippen LogP contribution in [0.4, 0.5) is 13.2 Å². The van der Waals surface area contributed by atoms with E-state index in [1.54, 1.807) is 0 Å². The summed E-state index contributed by atoms with van der Waals surface area (Å²) in [5, 5.41) is 0. The molecule has 6 heteroatoms. The molecule has 3 nitrogen and oxygen atoms in total. The maximum atomic E-state index is 12.9. The molecule has 0 amide bonds. The standard InChI is InChI=1S/C8H7F3N2O/c9-7(10)5-1-4(2-12)8(11)13-6(5)3-14/h1,3,7H,2,12H2. The van der Waals surface area contributed by atoms with E-state index in [0.29, 0.717) is 0 Å². The quantitative estimate of drug-likeness (QED) is 0.598. The van der Waals surface area contributed by atoms with E-state index < -0.39 is 23.6 Å². The van der Waals surface area contributed by atoms with Gasteiger partial charge in [0.15, 0.2) is 6.29 Å². The average molecular weight is 204 g/mol. The Labute approximate surface area is 77.7 Å². The predicted octanol–water partition coefficient (Wildman–Crippen LogP) is 1.43. The molecule has 1 aromatic rings. The topological polar surface area (TPSA) is 56.0 Å². The van der Waals surface area contributed by atoms with Gasteiger partial charge in [0.1, 0.15) is 5.69 Å². The molecule has 0 aliphatic heterocycles. The van der Waals surface area contributed by atoms with Gasteiger partial charge >= 0.3 is 0 Å². The van der Waals surface area contributed by atoms with Crippen molar-refractivity contribution in [2.75, 3.05) is 0 Å². The second-order valence-corrected chi connectivity index (χ2v) is 2.54. The van der Waals surface area contributed by atoms with Crippen LogP contribution in [-0.4, -0.2) is 11.3 Å². The lowest BCUT2D eigenvalue weighted by Gasteiger charge is -2.05. The molecule has 0 aliphatic rings. The van der Waals surface area contributed by atoms with Gasteiger partial charge < -0.3 is 5.73 Å². The van der Waals surface area contributed by atoms with Crippen molar-refractivity contribution in [2.45, 2.75) is 13.0 Å². The Morgan fingerprint density at radius 1 is 1.57 bits per heavy atom. The third kappa shape index (κ3) is 1.90. The zero-order valence-electron chi connectivity index (χ0n) is 7.01. The lowest BCUT2D eigenvalue weighted by molar-refractivity contribution is 0.110. The predicted molar refractivity (Wildman–Crippen MR) is 42.4 cm³/mol. The minimum absolute atomic E-state index is 0.0882. The van der Waals surface area contributed by atoms with Crippen LogP contribution >= 0.6 is 0 Å². The Bertz CT molecular complexity index is 355. The molecule has 0 aliphatic carbocycles. The normalized spacial score (nSPS) is 10.6. The molecule has 0 atom stereocenters. The van der Waals surface area contributed by atoms with Gasteiger partial charge in [-0.3, -0.25) is 4.79 Å². The SMILES string of the molecule is NCc1cc(C(F)F)c(C=O)nc1F. The third-order valence-corrected chi connectivity index (χ3v) is 1.68. The number of carbonyl (C=O) groups is 1. The summed E-state index contributed by atoms with van der Waals surface area (Å²) >= 11 is 0. The van der Waals surface area contributed by atoms with E-state index >= 15 is 0 Å². The van der Waals surface area contributed by atoms with Gasteiger partial charge in [-0.05, 0) is 6.07 Å². The second kappa shape index (κ2) is 4.19. The number of hydrogen-bond acceptors (Lipinski definition) is 3. The first-order valence-electron chi connectivity index (χ1n) is 3.72. The molecule has 0 saturated heterocycles. The maximum absolute atomic E-state index is 12.9. The molecule has 1 rings (SSSR count). The molecule has 14 heavy (non-hydrogen) atoms. The zero-order valence-corrected chi connectivity index (χ0v) is 7.01. The highest BCUT2D eigenvalue weighted by Gasteiger charge is 2.17. The molecule has 1 heterocycles. The molecule has 0 unspecified atom stereocenters. The smallest absolute Gasteiger partial charge is 0.266 e. The summed E-state index contributed by atoms with van der Waals surface area (Å²) in [6.07, 6.45) is -2.78. The summed E-state index contributed by atoms with van der Waals surface area (Å²) in [6, 6.07) is 0.858. The van der Waals surface area contributed by atoms with Gasteiger partial charge in [0.05, 0.1) is 0 Å². The Hall–Kier alpha value is -1.43. The number of carbonyl (C=O) groups excluding carboxylic acids is 1. The molecule has 1 aromatic heterocycles. The lowest BCUT2D eigenvalue weighted by Crippen LogP contribution is -2.07. The third-order valence-electron chi connectivity index (χ3n) is 1.68. The first kappa shape index (κ1) is 10.6. The van der Waals surface area contributed by atoms with Gasteiger partial charge in [0.2, 0.25) is 5.95 Å². The number of pyridine rings is 1. The molecular weight excluding hydrogens is 197 g/mol. The molecule has 0 radical (unpaired) electrons. The van der Waals surface area contributed by atoms with Crippen LogP contribution in [-0.2, 0) is 6.54 Å². The van der Waals surface area contributed by atoms with E-state index in [0.717, 1.165) is 6.07 Å². The van der Waals surface area contributed by atoms with E-state index in [-0.39, 0.29) is 18.4 Å². The Kier molecular flexibility index (Phi) is 3.19. The number of alkyl halides is 2. The van der Waals surface area contributed by atoms with Crippen LogP contribution in [0.1, 0.15) is 28.0 Å². The number of aromatic nitrogens is 1. The second-order valence-electron chi connectivity index (χ2n) is 2.54. The van der Waals surface area contributed by atoms with Gasteiger partial charge in [-0.2, -0.15) is 4.39 Å². The number of rotatable bonds is 3. The van der Waals surface area contributed by atoms with Crippen molar-refractivity contribution in [1.82, 2.24) is 4.98 Å². The van der Waals surface area contributed by atoms with E-state index in [2.05, 4.69) is 4.98 Å². The van der Waals surface area contributed by atoms with Crippen molar-refractivity contribution >= 4 is 6.29 Å². The Morgan fingerprint density at radius 2 is 2.21 bits per heavy atom. The molecule has 0 aromatic carbocycles. The first-order chi connectivity index (χ1) is 6.60. The van der Waals surface area contributed by atoms with Gasteiger partial charge in [-0.1, -0.05) is 0 Å². The van der Waals surface area contributed by atoms with Crippen LogP contribution in [0.15, 0.2) is 6.07 Å². The summed E-state index contributed by atoms with van der Waals surface area (Å²) in [5.74, 6) is -0.987. The highest BCUT2D eigenvalue weighted by molar-refractivity contribution is 5.74. The fraction of sp³-hybridized carbons (Fsp3) is 0.250. The number of hydrogen-bond donors (Lipinski definition) is 1. The Morgan fingerprint density at radius 3 is 2.64 bits per heavy atom. The van der Waals surface area contributed by atoms with Gasteiger partial charge in [-0.15, -0.1) is 0 Å². The number of halogens is 3. The van der Waals surface area contributed by atoms with Crippen LogP contribution in [0.5, 0.6) is 0 Å². The lowest BCUT2D eigenvalue weighted by atomic mass is 10.1. The highest BCUT2D eigenvalue weighted by atomic mass is 19.3. The summed E-state index contributed by atoms with van der Waals surface area (Å²) in [6.45, 7) is -0.238. The van der Waals surface area contributed by atoms with Crippen LogP contribution in [0.25, 0.3) is 0 Å². The van der Waals surface area contributed by atoms with Crippen molar-refractivity contribution in [3.05, 3.63) is 28.8 Å². The summed E-state index contributed by atoms with van der Waals surface area (Å²) in [4.78, 5) is 13.4. The molecule has 76 valence electrons. The highest BCUT2D eigenvalue weighted by Crippen LogP contribution is 2.22.